The van der Waals surface area contributed by atoms with Gasteiger partial charge in [-0.25, -0.2) is 4.99 Å². The number of rotatable bonds is 2. The van der Waals surface area contributed by atoms with E-state index in [-0.39, 0.29) is 17.0 Å². The normalized spacial score (nSPS) is 32.0. The van der Waals surface area contributed by atoms with Crippen LogP contribution in [0, 0.1) is 0 Å². The molecule has 3 nitrogen and oxygen atoms in total. The number of thiocarbonyl (C=S) groups is 1. The molecule has 1 aliphatic carbocycles. The summed E-state index contributed by atoms with van der Waals surface area (Å²) in [5, 5.41) is 2.57. The van der Waals surface area contributed by atoms with Gasteiger partial charge in [0.05, 0.1) is 10.7 Å². The molecule has 1 aliphatic rings. The second-order valence-corrected chi connectivity index (χ2v) is 6.87. The SMILES string of the molecule is CC(=O)N(C)C1(C)CCCCCC(C)(N=C=S)CCC1. The third kappa shape index (κ3) is 4.68. The van der Waals surface area contributed by atoms with E-state index >= 15 is 0 Å². The molecule has 0 bridgehead atoms. The van der Waals surface area contributed by atoms with Crippen molar-refractivity contribution in [3.63, 3.8) is 0 Å². The zero-order valence-electron chi connectivity index (χ0n) is 13.4. The van der Waals surface area contributed by atoms with Crippen LogP contribution in [0.25, 0.3) is 0 Å². The Balaban J connectivity index is 2.80. The summed E-state index contributed by atoms with van der Waals surface area (Å²) < 4.78 is 0. The quantitative estimate of drug-likeness (QED) is 0.564. The fourth-order valence-electron chi connectivity index (χ4n) is 3.23. The molecule has 0 heterocycles. The van der Waals surface area contributed by atoms with Gasteiger partial charge in [0.15, 0.2) is 0 Å². The lowest BCUT2D eigenvalue weighted by molar-refractivity contribution is -0.133. The zero-order chi connectivity index (χ0) is 15.2. The van der Waals surface area contributed by atoms with Crippen LogP contribution in [0.2, 0.25) is 0 Å². The average Bonchev–Trinajstić information content (AvgIpc) is 2.37. The van der Waals surface area contributed by atoms with Crippen molar-refractivity contribution < 1.29 is 4.79 Å². The fraction of sp³-hybridized carbons (Fsp3) is 0.875. The van der Waals surface area contributed by atoms with Gasteiger partial charge in [-0.15, -0.1) is 0 Å². The van der Waals surface area contributed by atoms with Gasteiger partial charge in [0.2, 0.25) is 5.91 Å². The molecule has 2 unspecified atom stereocenters. The van der Waals surface area contributed by atoms with E-state index in [2.05, 4.69) is 24.0 Å². The number of aliphatic imine (C=N–C) groups is 1. The minimum Gasteiger partial charge on any atom is -0.341 e. The molecule has 0 aromatic rings. The van der Waals surface area contributed by atoms with Crippen LogP contribution in [-0.2, 0) is 4.79 Å². The topological polar surface area (TPSA) is 32.7 Å². The van der Waals surface area contributed by atoms with E-state index in [1.54, 1.807) is 6.92 Å². The number of hydrogen-bond donors (Lipinski definition) is 0. The van der Waals surface area contributed by atoms with Gasteiger partial charge in [-0.3, -0.25) is 4.79 Å². The van der Waals surface area contributed by atoms with E-state index < -0.39 is 0 Å². The van der Waals surface area contributed by atoms with Crippen LogP contribution >= 0.6 is 12.2 Å². The molecule has 20 heavy (non-hydrogen) atoms. The van der Waals surface area contributed by atoms with Gasteiger partial charge < -0.3 is 4.90 Å². The summed E-state index contributed by atoms with van der Waals surface area (Å²) in [5.41, 5.74) is -0.0831. The van der Waals surface area contributed by atoms with Crippen molar-refractivity contribution in [3.05, 3.63) is 0 Å². The maximum Gasteiger partial charge on any atom is 0.219 e. The molecule has 0 radical (unpaired) electrons. The molecule has 2 atom stereocenters. The minimum absolute atomic E-state index is 0.0223. The lowest BCUT2D eigenvalue weighted by Crippen LogP contribution is -2.46. The summed E-state index contributed by atoms with van der Waals surface area (Å²) >= 11 is 4.79. The van der Waals surface area contributed by atoms with Crippen molar-refractivity contribution in [2.24, 2.45) is 4.99 Å². The van der Waals surface area contributed by atoms with Gasteiger partial charge in [-0.05, 0) is 58.2 Å². The average molecular weight is 296 g/mol. The molecule has 0 aromatic carbocycles. The first-order valence-corrected chi connectivity index (χ1v) is 8.07. The molecule has 1 saturated carbocycles. The molecule has 114 valence electrons. The lowest BCUT2D eigenvalue weighted by Gasteiger charge is -2.40. The Morgan fingerprint density at radius 3 is 2.25 bits per heavy atom. The van der Waals surface area contributed by atoms with Crippen LogP contribution in [0.1, 0.15) is 72.1 Å². The van der Waals surface area contributed by atoms with Crippen molar-refractivity contribution in [1.29, 1.82) is 0 Å². The highest BCUT2D eigenvalue weighted by Gasteiger charge is 2.32. The molecule has 1 amide bonds. The molecule has 0 aliphatic heterocycles. The fourth-order valence-corrected chi connectivity index (χ4v) is 3.45. The van der Waals surface area contributed by atoms with Crippen LogP contribution in [0.3, 0.4) is 0 Å². The summed E-state index contributed by atoms with van der Waals surface area (Å²) in [7, 11) is 1.93. The van der Waals surface area contributed by atoms with Gasteiger partial charge in [0.25, 0.3) is 0 Å². The van der Waals surface area contributed by atoms with Crippen molar-refractivity contribution in [2.45, 2.75) is 83.2 Å². The van der Waals surface area contributed by atoms with Crippen LogP contribution < -0.4 is 0 Å². The maximum absolute atomic E-state index is 11.7. The van der Waals surface area contributed by atoms with Crippen LogP contribution in [0.4, 0.5) is 0 Å². The summed E-state index contributed by atoms with van der Waals surface area (Å²) in [5.74, 6) is 0.157. The summed E-state index contributed by atoms with van der Waals surface area (Å²) in [6.07, 6.45) is 8.87. The predicted octanol–water partition coefficient (Wildman–Crippen LogP) is 4.22. The Bertz CT molecular complexity index is 392. The summed E-state index contributed by atoms with van der Waals surface area (Å²) in [6.45, 7) is 6.06. The van der Waals surface area contributed by atoms with Crippen LogP contribution in [0.15, 0.2) is 4.99 Å². The Morgan fingerprint density at radius 2 is 1.65 bits per heavy atom. The number of nitrogens with zero attached hydrogens (tertiary/aromatic N) is 2. The van der Waals surface area contributed by atoms with E-state index in [0.29, 0.717) is 0 Å². The highest BCUT2D eigenvalue weighted by molar-refractivity contribution is 7.78. The van der Waals surface area contributed by atoms with E-state index in [4.69, 9.17) is 12.2 Å². The highest BCUT2D eigenvalue weighted by Crippen LogP contribution is 2.33. The van der Waals surface area contributed by atoms with Gasteiger partial charge in [0, 0.05) is 19.5 Å². The maximum atomic E-state index is 11.7. The second-order valence-electron chi connectivity index (χ2n) is 6.69. The van der Waals surface area contributed by atoms with Crippen LogP contribution in [-0.4, -0.2) is 34.1 Å². The molecular formula is C16H28N2OS. The monoisotopic (exact) mass is 296 g/mol. The standard InChI is InChI=1S/C16H28N2OS/c1-14(19)18(4)16(3)11-7-5-6-9-15(2,17-13-20)10-8-12-16/h5-12H2,1-4H3. The van der Waals surface area contributed by atoms with Crippen molar-refractivity contribution in [2.75, 3.05) is 7.05 Å². The first-order valence-electron chi connectivity index (χ1n) is 7.66. The predicted molar refractivity (Wildman–Crippen MR) is 87.2 cm³/mol. The summed E-state index contributed by atoms with van der Waals surface area (Å²) in [6, 6.07) is 0. The lowest BCUT2D eigenvalue weighted by atomic mass is 9.81. The molecular weight excluding hydrogens is 268 g/mol. The Labute approximate surface area is 128 Å². The highest BCUT2D eigenvalue weighted by atomic mass is 32.1. The van der Waals surface area contributed by atoms with Gasteiger partial charge >= 0.3 is 0 Å². The van der Waals surface area contributed by atoms with Crippen LogP contribution in [0.5, 0.6) is 0 Å². The Morgan fingerprint density at radius 1 is 1.10 bits per heavy atom. The molecule has 0 spiro atoms. The smallest absolute Gasteiger partial charge is 0.219 e. The molecule has 0 aromatic heterocycles. The van der Waals surface area contributed by atoms with E-state index in [1.807, 2.05) is 11.9 Å². The van der Waals surface area contributed by atoms with E-state index in [0.717, 1.165) is 32.1 Å². The van der Waals surface area contributed by atoms with Gasteiger partial charge in [-0.2, -0.15) is 0 Å². The number of isothiocyanates is 1. The number of amides is 1. The third-order valence-corrected chi connectivity index (χ3v) is 5.05. The molecule has 1 fully saturated rings. The van der Waals surface area contributed by atoms with Crippen molar-refractivity contribution >= 4 is 23.3 Å². The van der Waals surface area contributed by atoms with E-state index in [9.17, 15) is 4.79 Å². The molecule has 0 saturated heterocycles. The number of hydrogen-bond acceptors (Lipinski definition) is 3. The number of carbonyl (C=O) groups is 1. The minimum atomic E-state index is -0.0607. The molecule has 4 heteroatoms. The van der Waals surface area contributed by atoms with Crippen molar-refractivity contribution in [1.82, 2.24) is 4.90 Å². The summed E-state index contributed by atoms with van der Waals surface area (Å²) in [4.78, 5) is 18.0. The van der Waals surface area contributed by atoms with E-state index in [1.165, 1.54) is 19.3 Å². The largest absolute Gasteiger partial charge is 0.341 e. The third-order valence-electron chi connectivity index (χ3n) is 4.96. The van der Waals surface area contributed by atoms with Gasteiger partial charge in [-0.1, -0.05) is 19.3 Å². The second kappa shape index (κ2) is 7.33. The number of carbonyl (C=O) groups excluding carboxylic acids is 1. The van der Waals surface area contributed by atoms with Crippen molar-refractivity contribution in [3.8, 4) is 0 Å². The Kier molecular flexibility index (Phi) is 6.35. The molecule has 1 rings (SSSR count). The van der Waals surface area contributed by atoms with Gasteiger partial charge in [0.1, 0.15) is 0 Å². The Hall–Kier alpha value is -0.730. The first-order chi connectivity index (χ1) is 9.33. The zero-order valence-corrected chi connectivity index (χ0v) is 14.2. The first kappa shape index (κ1) is 17.3. The molecule has 0 N–H and O–H groups in total.